The maximum Gasteiger partial charge on any atom is 0.243 e. The first kappa shape index (κ1) is 5.92. The van der Waals surface area contributed by atoms with E-state index in [1.165, 1.54) is 12.0 Å². The van der Waals surface area contributed by atoms with Crippen LogP contribution in [-0.4, -0.2) is 23.1 Å². The highest BCUT2D eigenvalue weighted by atomic mass is 16.7. The molecule has 10 heavy (non-hydrogen) atoms. The second kappa shape index (κ2) is 1.83. The molecular formula is C7H9NO2. The van der Waals surface area contributed by atoms with E-state index in [0.717, 1.165) is 6.42 Å². The molecule has 0 aromatic rings. The minimum absolute atomic E-state index is 0.00292. The van der Waals surface area contributed by atoms with Crippen LogP contribution in [0.3, 0.4) is 0 Å². The van der Waals surface area contributed by atoms with Crippen molar-refractivity contribution in [2.24, 2.45) is 0 Å². The minimum atomic E-state index is -0.00292. The zero-order valence-corrected chi connectivity index (χ0v) is 5.78. The summed E-state index contributed by atoms with van der Waals surface area (Å²) in [6.07, 6.45) is 5.13. The van der Waals surface area contributed by atoms with Crippen molar-refractivity contribution in [3.8, 4) is 0 Å². The highest BCUT2D eigenvalue weighted by molar-refractivity contribution is 5.73. The zero-order valence-electron chi connectivity index (χ0n) is 5.78. The standard InChI is InChI=1S/C7H9NO2/c1-5(9)8-6-2-3-7(4-6)10-8/h2-3,6-7H,4H2,1H3/t6-,7+/m1/s1. The fourth-order valence-electron chi connectivity index (χ4n) is 1.43. The molecule has 1 saturated heterocycles. The van der Waals surface area contributed by atoms with Crippen molar-refractivity contribution in [2.45, 2.75) is 25.5 Å². The number of fused-ring (bicyclic) bond motifs is 2. The van der Waals surface area contributed by atoms with Crippen molar-refractivity contribution >= 4 is 5.91 Å². The Morgan fingerprint density at radius 2 is 2.50 bits per heavy atom. The number of hydrogen-bond donors (Lipinski definition) is 0. The monoisotopic (exact) mass is 139 g/mol. The van der Waals surface area contributed by atoms with Crippen LogP contribution >= 0.6 is 0 Å². The van der Waals surface area contributed by atoms with E-state index in [1.807, 2.05) is 12.2 Å². The van der Waals surface area contributed by atoms with Crippen LogP contribution in [0.25, 0.3) is 0 Å². The van der Waals surface area contributed by atoms with E-state index in [9.17, 15) is 4.79 Å². The molecule has 54 valence electrons. The molecule has 2 bridgehead atoms. The van der Waals surface area contributed by atoms with Crippen LogP contribution < -0.4 is 0 Å². The molecule has 2 aliphatic rings. The first-order valence-corrected chi connectivity index (χ1v) is 3.42. The maximum atomic E-state index is 10.8. The Morgan fingerprint density at radius 3 is 2.80 bits per heavy atom. The van der Waals surface area contributed by atoms with E-state index in [0.29, 0.717) is 0 Å². The normalized spacial score (nSPS) is 35.5. The zero-order chi connectivity index (χ0) is 7.14. The van der Waals surface area contributed by atoms with Gasteiger partial charge in [0.2, 0.25) is 5.91 Å². The van der Waals surface area contributed by atoms with Crippen LogP contribution in [-0.2, 0) is 9.63 Å². The van der Waals surface area contributed by atoms with E-state index in [1.54, 1.807) is 0 Å². The second-order valence-electron chi connectivity index (χ2n) is 2.68. The molecule has 0 spiro atoms. The van der Waals surface area contributed by atoms with Crippen LogP contribution in [0.1, 0.15) is 13.3 Å². The van der Waals surface area contributed by atoms with Gasteiger partial charge in [-0.15, -0.1) is 0 Å². The molecule has 2 atom stereocenters. The van der Waals surface area contributed by atoms with Crippen molar-refractivity contribution in [3.63, 3.8) is 0 Å². The number of rotatable bonds is 0. The summed E-state index contributed by atoms with van der Waals surface area (Å²) >= 11 is 0. The topological polar surface area (TPSA) is 29.5 Å². The molecular weight excluding hydrogens is 130 g/mol. The molecule has 3 nitrogen and oxygen atoms in total. The summed E-state index contributed by atoms with van der Waals surface area (Å²) in [5, 5.41) is 1.45. The predicted octanol–water partition coefficient (Wildman–Crippen LogP) is 0.477. The quantitative estimate of drug-likeness (QED) is 0.457. The van der Waals surface area contributed by atoms with Gasteiger partial charge >= 0.3 is 0 Å². The molecule has 2 rings (SSSR count). The van der Waals surface area contributed by atoms with Crippen molar-refractivity contribution in [1.82, 2.24) is 5.06 Å². The number of hydrogen-bond acceptors (Lipinski definition) is 2. The van der Waals surface area contributed by atoms with Crippen molar-refractivity contribution < 1.29 is 9.63 Å². The molecule has 1 fully saturated rings. The number of carbonyl (C=O) groups is 1. The van der Waals surface area contributed by atoms with E-state index in [4.69, 9.17) is 4.84 Å². The first-order chi connectivity index (χ1) is 4.77. The molecule has 0 N–H and O–H groups in total. The Kier molecular flexibility index (Phi) is 1.08. The van der Waals surface area contributed by atoms with Gasteiger partial charge in [0.05, 0.1) is 6.04 Å². The maximum absolute atomic E-state index is 10.8. The fraction of sp³-hybridized carbons (Fsp3) is 0.571. The van der Waals surface area contributed by atoms with Crippen LogP contribution in [0.2, 0.25) is 0 Å². The third-order valence-electron chi connectivity index (χ3n) is 1.88. The SMILES string of the molecule is CC(=O)N1O[C@H]2C=C[C@@H]1C2. The number of carbonyl (C=O) groups excluding carboxylic acids is 1. The summed E-state index contributed by atoms with van der Waals surface area (Å²) in [5.74, 6) is -0.00292. The lowest BCUT2D eigenvalue weighted by atomic mass is 10.2. The summed E-state index contributed by atoms with van der Waals surface area (Å²) in [5.41, 5.74) is 0. The van der Waals surface area contributed by atoms with Gasteiger partial charge in [-0.1, -0.05) is 12.2 Å². The summed E-state index contributed by atoms with van der Waals surface area (Å²) < 4.78 is 0. The van der Waals surface area contributed by atoms with Gasteiger partial charge in [0.15, 0.2) is 0 Å². The molecule has 1 amide bonds. The third kappa shape index (κ3) is 0.671. The molecule has 1 aliphatic carbocycles. The lowest BCUT2D eigenvalue weighted by molar-refractivity contribution is -0.180. The van der Waals surface area contributed by atoms with Gasteiger partial charge in [-0.05, 0) is 0 Å². The highest BCUT2D eigenvalue weighted by Crippen LogP contribution is 2.28. The van der Waals surface area contributed by atoms with Crippen LogP contribution in [0, 0.1) is 0 Å². The third-order valence-corrected chi connectivity index (χ3v) is 1.88. The molecule has 1 aliphatic heterocycles. The lowest BCUT2D eigenvalue weighted by Gasteiger charge is -2.20. The molecule has 0 aromatic carbocycles. The average Bonchev–Trinajstić information content (AvgIpc) is 2.44. The molecule has 3 heteroatoms. The van der Waals surface area contributed by atoms with Crippen LogP contribution in [0.5, 0.6) is 0 Å². The number of hydroxylamine groups is 2. The van der Waals surface area contributed by atoms with Gasteiger partial charge < -0.3 is 0 Å². The smallest absolute Gasteiger partial charge is 0.243 e. The molecule has 1 heterocycles. The Hall–Kier alpha value is -0.830. The van der Waals surface area contributed by atoms with E-state index in [-0.39, 0.29) is 18.1 Å². The number of nitrogens with zero attached hydrogens (tertiary/aromatic N) is 1. The Balaban J connectivity index is 2.16. The van der Waals surface area contributed by atoms with Crippen molar-refractivity contribution in [2.75, 3.05) is 0 Å². The molecule has 0 unspecified atom stereocenters. The fourth-order valence-corrected chi connectivity index (χ4v) is 1.43. The minimum Gasteiger partial charge on any atom is -0.273 e. The van der Waals surface area contributed by atoms with Gasteiger partial charge in [-0.2, -0.15) is 0 Å². The Morgan fingerprint density at radius 1 is 1.70 bits per heavy atom. The van der Waals surface area contributed by atoms with Crippen LogP contribution in [0.4, 0.5) is 0 Å². The second-order valence-corrected chi connectivity index (χ2v) is 2.68. The Bertz CT molecular complexity index is 200. The molecule has 0 saturated carbocycles. The predicted molar refractivity (Wildman–Crippen MR) is 34.9 cm³/mol. The van der Waals surface area contributed by atoms with Gasteiger partial charge in [0.25, 0.3) is 0 Å². The van der Waals surface area contributed by atoms with E-state index >= 15 is 0 Å². The van der Waals surface area contributed by atoms with Gasteiger partial charge in [-0.25, -0.2) is 5.06 Å². The van der Waals surface area contributed by atoms with Gasteiger partial charge in [-0.3, -0.25) is 9.63 Å². The van der Waals surface area contributed by atoms with Crippen molar-refractivity contribution in [1.29, 1.82) is 0 Å². The van der Waals surface area contributed by atoms with Crippen molar-refractivity contribution in [3.05, 3.63) is 12.2 Å². The molecule has 0 aromatic heterocycles. The highest BCUT2D eigenvalue weighted by Gasteiger charge is 2.36. The van der Waals surface area contributed by atoms with E-state index in [2.05, 4.69) is 0 Å². The summed E-state index contributed by atoms with van der Waals surface area (Å²) in [4.78, 5) is 16.0. The van der Waals surface area contributed by atoms with Gasteiger partial charge in [0.1, 0.15) is 6.10 Å². The Labute approximate surface area is 59.2 Å². The lowest BCUT2D eigenvalue weighted by Crippen LogP contribution is -2.32. The summed E-state index contributed by atoms with van der Waals surface area (Å²) in [6, 6.07) is 0.211. The first-order valence-electron chi connectivity index (χ1n) is 3.42. The van der Waals surface area contributed by atoms with Crippen LogP contribution in [0.15, 0.2) is 12.2 Å². The number of amides is 1. The largest absolute Gasteiger partial charge is 0.273 e. The average molecular weight is 139 g/mol. The summed E-state index contributed by atoms with van der Waals surface area (Å²) in [7, 11) is 0. The molecule has 0 radical (unpaired) electrons. The summed E-state index contributed by atoms with van der Waals surface area (Å²) in [6.45, 7) is 1.52. The van der Waals surface area contributed by atoms with E-state index < -0.39 is 0 Å². The van der Waals surface area contributed by atoms with Gasteiger partial charge in [0, 0.05) is 13.3 Å².